The van der Waals surface area contributed by atoms with Gasteiger partial charge in [0.25, 0.3) is 0 Å². The van der Waals surface area contributed by atoms with Gasteiger partial charge in [0.1, 0.15) is 6.04 Å². The van der Waals surface area contributed by atoms with E-state index in [0.29, 0.717) is 6.54 Å². The van der Waals surface area contributed by atoms with Crippen LogP contribution < -0.4 is 11.1 Å². The lowest BCUT2D eigenvalue weighted by Crippen LogP contribution is -2.35. The predicted octanol–water partition coefficient (Wildman–Crippen LogP) is 3.20. The number of hydrogen-bond donors (Lipinski definition) is 2. The Labute approximate surface area is 136 Å². The average molecular weight is 304 g/mol. The monoisotopic (exact) mass is 304 g/mol. The Balaban J connectivity index is 1.61. The highest BCUT2D eigenvalue weighted by molar-refractivity contribution is 5.87. The van der Waals surface area contributed by atoms with Gasteiger partial charge in [0.2, 0.25) is 5.91 Å². The van der Waals surface area contributed by atoms with Gasteiger partial charge in [0, 0.05) is 6.54 Å². The van der Waals surface area contributed by atoms with Crippen LogP contribution in [0.5, 0.6) is 0 Å². The van der Waals surface area contributed by atoms with Crippen molar-refractivity contribution in [2.24, 2.45) is 5.73 Å². The molecule has 1 unspecified atom stereocenters. The third-order valence-electron chi connectivity index (χ3n) is 3.97. The van der Waals surface area contributed by atoms with Crippen LogP contribution in [0.15, 0.2) is 72.8 Å². The molecule has 0 aliphatic rings. The molecule has 1 atom stereocenters. The molecule has 0 spiro atoms. The molecule has 0 aliphatic heterocycles. The molecule has 23 heavy (non-hydrogen) atoms. The first kappa shape index (κ1) is 15.3. The van der Waals surface area contributed by atoms with E-state index in [1.165, 1.54) is 5.56 Å². The summed E-state index contributed by atoms with van der Waals surface area (Å²) in [5, 5.41) is 5.15. The van der Waals surface area contributed by atoms with Gasteiger partial charge in [-0.3, -0.25) is 4.79 Å². The Morgan fingerprint density at radius 1 is 0.913 bits per heavy atom. The van der Waals surface area contributed by atoms with E-state index in [-0.39, 0.29) is 5.91 Å². The molecule has 3 N–H and O–H groups in total. The summed E-state index contributed by atoms with van der Waals surface area (Å²) in [6, 6.07) is 23.4. The van der Waals surface area contributed by atoms with Crippen LogP contribution in [0, 0.1) is 0 Å². The first-order valence-corrected chi connectivity index (χ1v) is 7.80. The summed E-state index contributed by atoms with van der Waals surface area (Å²) >= 11 is 0. The van der Waals surface area contributed by atoms with Gasteiger partial charge in [0.15, 0.2) is 0 Å². The van der Waals surface area contributed by atoms with E-state index < -0.39 is 6.04 Å². The second kappa shape index (κ2) is 7.07. The summed E-state index contributed by atoms with van der Waals surface area (Å²) in [5.74, 6) is -0.142. The third-order valence-corrected chi connectivity index (χ3v) is 3.97. The predicted molar refractivity (Wildman–Crippen MR) is 94.0 cm³/mol. The maximum atomic E-state index is 12.2. The van der Waals surface area contributed by atoms with Gasteiger partial charge in [-0.15, -0.1) is 0 Å². The van der Waals surface area contributed by atoms with Crippen LogP contribution in [0.3, 0.4) is 0 Å². The fraction of sp³-hybridized carbons (Fsp3) is 0.150. The van der Waals surface area contributed by atoms with Crippen molar-refractivity contribution in [1.82, 2.24) is 5.32 Å². The van der Waals surface area contributed by atoms with Gasteiger partial charge in [-0.2, -0.15) is 0 Å². The maximum Gasteiger partial charge on any atom is 0.241 e. The fourth-order valence-corrected chi connectivity index (χ4v) is 2.64. The molecule has 3 aromatic rings. The molecule has 0 saturated heterocycles. The number of fused-ring (bicyclic) bond motifs is 1. The molecule has 3 nitrogen and oxygen atoms in total. The SMILES string of the molecule is NC(C(=O)NCCc1ccccc1)c1ccc2ccccc2c1. The van der Waals surface area contributed by atoms with Gasteiger partial charge in [-0.25, -0.2) is 0 Å². The highest BCUT2D eigenvalue weighted by Crippen LogP contribution is 2.19. The zero-order valence-electron chi connectivity index (χ0n) is 12.9. The van der Waals surface area contributed by atoms with Crippen molar-refractivity contribution in [3.8, 4) is 0 Å². The van der Waals surface area contributed by atoms with E-state index >= 15 is 0 Å². The number of amides is 1. The van der Waals surface area contributed by atoms with Crippen LogP contribution in [0.1, 0.15) is 17.2 Å². The molecule has 3 heteroatoms. The minimum Gasteiger partial charge on any atom is -0.354 e. The van der Waals surface area contributed by atoms with Crippen LogP contribution in [-0.2, 0) is 11.2 Å². The zero-order chi connectivity index (χ0) is 16.1. The normalized spacial score (nSPS) is 12.0. The molecule has 3 aromatic carbocycles. The van der Waals surface area contributed by atoms with Gasteiger partial charge < -0.3 is 11.1 Å². The molecule has 0 heterocycles. The minimum absolute atomic E-state index is 0.142. The van der Waals surface area contributed by atoms with Crippen LogP contribution >= 0.6 is 0 Å². The Morgan fingerprint density at radius 2 is 1.61 bits per heavy atom. The molecule has 0 saturated carbocycles. The molecular weight excluding hydrogens is 284 g/mol. The summed E-state index contributed by atoms with van der Waals surface area (Å²) in [6.07, 6.45) is 0.803. The number of rotatable bonds is 5. The number of benzene rings is 3. The number of nitrogens with two attached hydrogens (primary N) is 1. The van der Waals surface area contributed by atoms with Gasteiger partial charge in [-0.1, -0.05) is 66.7 Å². The van der Waals surface area contributed by atoms with Gasteiger partial charge in [-0.05, 0) is 34.4 Å². The second-order valence-electron chi connectivity index (χ2n) is 5.61. The van der Waals surface area contributed by atoms with Crippen molar-refractivity contribution in [2.45, 2.75) is 12.5 Å². The number of carbonyl (C=O) groups is 1. The Kier molecular flexibility index (Phi) is 4.69. The molecule has 116 valence electrons. The number of hydrogen-bond acceptors (Lipinski definition) is 2. The van der Waals surface area contributed by atoms with Crippen LogP contribution in [0.25, 0.3) is 10.8 Å². The highest BCUT2D eigenvalue weighted by Gasteiger charge is 2.15. The van der Waals surface area contributed by atoms with Crippen LogP contribution in [0.4, 0.5) is 0 Å². The summed E-state index contributed by atoms with van der Waals surface area (Å²) in [6.45, 7) is 0.587. The smallest absolute Gasteiger partial charge is 0.241 e. The zero-order valence-corrected chi connectivity index (χ0v) is 12.9. The summed E-state index contributed by atoms with van der Waals surface area (Å²) in [5.41, 5.74) is 8.13. The standard InChI is InChI=1S/C20H20N2O/c21-19(18-11-10-16-8-4-5-9-17(16)14-18)20(23)22-13-12-15-6-2-1-3-7-15/h1-11,14,19H,12-13,21H2,(H,22,23). The first-order chi connectivity index (χ1) is 11.2. The van der Waals surface area contributed by atoms with E-state index in [1.54, 1.807) is 0 Å². The van der Waals surface area contributed by atoms with Crippen LogP contribution in [0.2, 0.25) is 0 Å². The Hall–Kier alpha value is -2.65. The molecule has 0 aliphatic carbocycles. The lowest BCUT2D eigenvalue weighted by atomic mass is 10.0. The topological polar surface area (TPSA) is 55.1 Å². The fourth-order valence-electron chi connectivity index (χ4n) is 2.64. The van der Waals surface area contributed by atoms with Crippen molar-refractivity contribution >= 4 is 16.7 Å². The maximum absolute atomic E-state index is 12.2. The summed E-state index contributed by atoms with van der Waals surface area (Å²) in [7, 11) is 0. The molecular formula is C20H20N2O. The molecule has 0 fully saturated rings. The Bertz CT molecular complexity index is 799. The third kappa shape index (κ3) is 3.76. The summed E-state index contributed by atoms with van der Waals surface area (Å²) < 4.78 is 0. The van der Waals surface area contributed by atoms with Crippen molar-refractivity contribution < 1.29 is 4.79 Å². The quantitative estimate of drug-likeness (QED) is 0.760. The first-order valence-electron chi connectivity index (χ1n) is 7.80. The average Bonchev–Trinajstić information content (AvgIpc) is 2.61. The van der Waals surface area contributed by atoms with Crippen molar-refractivity contribution in [3.05, 3.63) is 83.9 Å². The van der Waals surface area contributed by atoms with E-state index in [1.807, 2.05) is 60.7 Å². The van der Waals surface area contributed by atoms with Crippen molar-refractivity contribution in [3.63, 3.8) is 0 Å². The molecule has 0 aromatic heterocycles. The van der Waals surface area contributed by atoms with Gasteiger partial charge in [0.05, 0.1) is 0 Å². The van der Waals surface area contributed by atoms with E-state index in [0.717, 1.165) is 22.8 Å². The van der Waals surface area contributed by atoms with Gasteiger partial charge >= 0.3 is 0 Å². The lowest BCUT2D eigenvalue weighted by molar-refractivity contribution is -0.122. The van der Waals surface area contributed by atoms with E-state index in [9.17, 15) is 4.79 Å². The molecule has 3 rings (SSSR count). The number of carbonyl (C=O) groups excluding carboxylic acids is 1. The Morgan fingerprint density at radius 3 is 2.39 bits per heavy atom. The van der Waals surface area contributed by atoms with Crippen molar-refractivity contribution in [2.75, 3.05) is 6.54 Å². The van der Waals surface area contributed by atoms with E-state index in [2.05, 4.69) is 17.4 Å². The van der Waals surface area contributed by atoms with E-state index in [4.69, 9.17) is 5.73 Å². The minimum atomic E-state index is -0.643. The largest absolute Gasteiger partial charge is 0.354 e. The van der Waals surface area contributed by atoms with Crippen molar-refractivity contribution in [1.29, 1.82) is 0 Å². The van der Waals surface area contributed by atoms with Crippen LogP contribution in [-0.4, -0.2) is 12.5 Å². The molecule has 0 bridgehead atoms. The summed E-state index contributed by atoms with van der Waals surface area (Å²) in [4.78, 5) is 12.2. The number of nitrogens with one attached hydrogen (secondary N) is 1. The highest BCUT2D eigenvalue weighted by atomic mass is 16.2. The molecule has 1 amide bonds. The molecule has 0 radical (unpaired) electrons. The second-order valence-corrected chi connectivity index (χ2v) is 5.61. The lowest BCUT2D eigenvalue weighted by Gasteiger charge is -2.13.